The van der Waals surface area contributed by atoms with Gasteiger partial charge in [0, 0.05) is 12.8 Å². The number of sulfone groups is 1. The van der Waals surface area contributed by atoms with Crippen molar-refractivity contribution in [1.82, 2.24) is 0 Å². The lowest BCUT2D eigenvalue weighted by atomic mass is 10.4. The average molecular weight is 275 g/mol. The van der Waals surface area contributed by atoms with Gasteiger partial charge >= 0.3 is 0 Å². The molecule has 1 aromatic rings. The van der Waals surface area contributed by atoms with Crippen molar-refractivity contribution < 1.29 is 13.2 Å². The van der Waals surface area contributed by atoms with E-state index in [2.05, 4.69) is 11.9 Å². The Hall–Kier alpha value is -1.54. The Morgan fingerprint density at radius 1 is 1.59 bits per heavy atom. The van der Waals surface area contributed by atoms with Crippen molar-refractivity contribution in [2.45, 2.75) is 4.90 Å². The second-order valence-corrected chi connectivity index (χ2v) is 6.28. The first-order valence-corrected chi connectivity index (χ1v) is 7.26. The van der Waals surface area contributed by atoms with Gasteiger partial charge in [-0.15, -0.1) is 17.9 Å². The molecule has 1 amide bonds. The van der Waals surface area contributed by atoms with Crippen molar-refractivity contribution in [2.24, 2.45) is 5.73 Å². The van der Waals surface area contributed by atoms with Crippen LogP contribution in [0.4, 0.5) is 10.7 Å². The van der Waals surface area contributed by atoms with Crippen LogP contribution in [0.5, 0.6) is 0 Å². The van der Waals surface area contributed by atoms with Gasteiger partial charge in [-0.2, -0.15) is 0 Å². The molecule has 0 fully saturated rings. The second-order valence-electron chi connectivity index (χ2n) is 3.31. The zero-order valence-electron chi connectivity index (χ0n) is 9.19. The topological polar surface area (TPSA) is 115 Å². The molecule has 1 rings (SSSR count). The summed E-state index contributed by atoms with van der Waals surface area (Å²) in [6.07, 6.45) is 2.58. The quantitative estimate of drug-likeness (QED) is 0.674. The van der Waals surface area contributed by atoms with Crippen molar-refractivity contribution in [3.05, 3.63) is 17.5 Å². The molecule has 0 aliphatic heterocycles. The molecule has 6 nitrogen and oxygen atoms in total. The molecule has 17 heavy (non-hydrogen) atoms. The van der Waals surface area contributed by atoms with Crippen molar-refractivity contribution in [2.75, 3.05) is 23.9 Å². The Balaban J connectivity index is 3.42. The number of rotatable bonds is 5. The third-order valence-electron chi connectivity index (χ3n) is 1.90. The molecule has 0 radical (unpaired) electrons. The Labute approximate surface area is 103 Å². The molecule has 0 aromatic carbocycles. The molecule has 0 aliphatic carbocycles. The maximum absolute atomic E-state index is 11.6. The summed E-state index contributed by atoms with van der Waals surface area (Å²) in [5.41, 5.74) is 10.6. The van der Waals surface area contributed by atoms with Crippen LogP contribution in [0.15, 0.2) is 17.6 Å². The zero-order valence-corrected chi connectivity index (χ0v) is 10.8. The van der Waals surface area contributed by atoms with Crippen LogP contribution in [0.3, 0.4) is 0 Å². The van der Waals surface area contributed by atoms with Crippen molar-refractivity contribution in [3.63, 3.8) is 0 Å². The molecule has 1 heterocycles. The fourth-order valence-electron chi connectivity index (χ4n) is 1.26. The summed E-state index contributed by atoms with van der Waals surface area (Å²) in [5.74, 6) is -0.746. The molecule has 0 atom stereocenters. The van der Waals surface area contributed by atoms with Crippen LogP contribution >= 0.6 is 11.3 Å². The van der Waals surface area contributed by atoms with Crippen LogP contribution in [0.1, 0.15) is 9.67 Å². The minimum absolute atomic E-state index is 0.0389. The minimum atomic E-state index is -3.53. The van der Waals surface area contributed by atoms with Crippen LogP contribution in [0, 0.1) is 0 Å². The van der Waals surface area contributed by atoms with E-state index in [9.17, 15) is 13.2 Å². The van der Waals surface area contributed by atoms with Gasteiger partial charge in [-0.05, 0) is 0 Å². The summed E-state index contributed by atoms with van der Waals surface area (Å²) < 4.78 is 23.2. The number of amides is 1. The molecular weight excluding hydrogens is 262 g/mol. The lowest BCUT2D eigenvalue weighted by molar-refractivity contribution is 0.100. The predicted octanol–water partition coefficient (Wildman–Crippen LogP) is 0.431. The van der Waals surface area contributed by atoms with Crippen molar-refractivity contribution >= 4 is 37.8 Å². The number of nitrogen functional groups attached to an aromatic ring is 1. The Kier molecular flexibility index (Phi) is 3.79. The molecule has 0 saturated heterocycles. The number of anilines is 2. The summed E-state index contributed by atoms with van der Waals surface area (Å²) in [7, 11) is -3.53. The zero-order chi connectivity index (χ0) is 13.2. The molecule has 8 heteroatoms. The number of carbonyl (C=O) groups excluding carboxylic acids is 1. The smallest absolute Gasteiger partial charge is 0.261 e. The summed E-state index contributed by atoms with van der Waals surface area (Å²) in [5, 5.41) is 3.12. The first-order chi connectivity index (χ1) is 7.79. The summed E-state index contributed by atoms with van der Waals surface area (Å²) in [6, 6.07) is 0. The summed E-state index contributed by atoms with van der Waals surface area (Å²) in [6.45, 7) is 3.86. The highest BCUT2D eigenvalue weighted by Gasteiger charge is 2.25. The molecule has 0 bridgehead atoms. The maximum atomic E-state index is 11.6. The van der Waals surface area contributed by atoms with E-state index >= 15 is 0 Å². The molecule has 0 unspecified atom stereocenters. The van der Waals surface area contributed by atoms with E-state index in [0.717, 1.165) is 17.6 Å². The van der Waals surface area contributed by atoms with Crippen LogP contribution in [-0.4, -0.2) is 27.1 Å². The number of hydrogen-bond acceptors (Lipinski definition) is 6. The average Bonchev–Trinajstić information content (AvgIpc) is 2.51. The highest BCUT2D eigenvalue weighted by molar-refractivity contribution is 7.91. The van der Waals surface area contributed by atoms with E-state index in [0.29, 0.717) is 11.5 Å². The Morgan fingerprint density at radius 3 is 2.59 bits per heavy atom. The van der Waals surface area contributed by atoms with Gasteiger partial charge in [-0.3, -0.25) is 4.79 Å². The Bertz CT molecular complexity index is 560. The van der Waals surface area contributed by atoms with Gasteiger partial charge in [-0.1, -0.05) is 6.08 Å². The molecule has 94 valence electrons. The number of hydrogen-bond donors (Lipinski definition) is 3. The summed E-state index contributed by atoms with van der Waals surface area (Å²) >= 11 is 0.923. The van der Waals surface area contributed by atoms with E-state index in [1.54, 1.807) is 6.08 Å². The Morgan fingerprint density at radius 2 is 2.18 bits per heavy atom. The first kappa shape index (κ1) is 13.5. The summed E-state index contributed by atoms with van der Waals surface area (Å²) in [4.78, 5) is 11.1. The van der Waals surface area contributed by atoms with E-state index in [-0.39, 0.29) is 15.5 Å². The monoisotopic (exact) mass is 275 g/mol. The number of nitrogens with one attached hydrogen (secondary N) is 1. The van der Waals surface area contributed by atoms with E-state index in [1.165, 1.54) is 0 Å². The molecule has 1 aromatic heterocycles. The van der Waals surface area contributed by atoms with Crippen LogP contribution in [0.25, 0.3) is 0 Å². The van der Waals surface area contributed by atoms with Gasteiger partial charge in [-0.25, -0.2) is 8.42 Å². The van der Waals surface area contributed by atoms with Gasteiger partial charge in [0.1, 0.15) is 14.8 Å². The molecule has 5 N–H and O–H groups in total. The fraction of sp³-hybridized carbons (Fsp3) is 0.222. The van der Waals surface area contributed by atoms with Gasteiger partial charge < -0.3 is 16.8 Å². The van der Waals surface area contributed by atoms with Gasteiger partial charge in [0.15, 0.2) is 9.84 Å². The maximum Gasteiger partial charge on any atom is 0.261 e. The highest BCUT2D eigenvalue weighted by Crippen LogP contribution is 2.38. The van der Waals surface area contributed by atoms with Crippen LogP contribution in [0.2, 0.25) is 0 Å². The highest BCUT2D eigenvalue weighted by atomic mass is 32.2. The van der Waals surface area contributed by atoms with Gasteiger partial charge in [0.2, 0.25) is 0 Å². The van der Waals surface area contributed by atoms with Gasteiger partial charge in [0.25, 0.3) is 5.91 Å². The third kappa shape index (κ3) is 2.77. The molecule has 0 aliphatic rings. The fourth-order valence-corrected chi connectivity index (χ4v) is 3.69. The predicted molar refractivity (Wildman–Crippen MR) is 69.0 cm³/mol. The van der Waals surface area contributed by atoms with Gasteiger partial charge in [0.05, 0.1) is 5.69 Å². The van der Waals surface area contributed by atoms with Crippen LogP contribution in [-0.2, 0) is 9.84 Å². The van der Waals surface area contributed by atoms with E-state index in [1.807, 2.05) is 0 Å². The normalized spacial score (nSPS) is 11.1. The lowest BCUT2D eigenvalue weighted by Gasteiger charge is -2.03. The second kappa shape index (κ2) is 4.76. The molecule has 0 saturated carbocycles. The molecule has 0 spiro atoms. The largest absolute Gasteiger partial charge is 0.396 e. The lowest BCUT2D eigenvalue weighted by Crippen LogP contribution is -2.12. The number of carbonyl (C=O) groups is 1. The standard InChI is InChI=1S/C9H13N3O3S2/c1-3-4-12-9-7(17(2,14)15)5(10)6(16-9)8(11)13/h3,12H,1,4,10H2,2H3,(H2,11,13). The van der Waals surface area contributed by atoms with Crippen LogP contribution < -0.4 is 16.8 Å². The number of nitrogens with two attached hydrogens (primary N) is 2. The van der Waals surface area contributed by atoms with Crippen molar-refractivity contribution in [1.29, 1.82) is 0 Å². The minimum Gasteiger partial charge on any atom is -0.396 e. The van der Waals surface area contributed by atoms with Crippen molar-refractivity contribution in [3.8, 4) is 0 Å². The molecular formula is C9H13N3O3S2. The van der Waals surface area contributed by atoms with E-state index in [4.69, 9.17) is 11.5 Å². The third-order valence-corrected chi connectivity index (χ3v) is 4.37. The number of primary amides is 1. The first-order valence-electron chi connectivity index (χ1n) is 4.56. The van der Waals surface area contributed by atoms with E-state index < -0.39 is 15.7 Å². The SMILES string of the molecule is C=CCNc1sc(C(N)=O)c(N)c1S(C)(=O)=O. The number of thiophene rings is 1.